The number of hydrogen-bond donors (Lipinski definition) is 2. The lowest BCUT2D eigenvalue weighted by Gasteiger charge is -2.11. The van der Waals surface area contributed by atoms with E-state index >= 15 is 0 Å². The molecule has 7 nitrogen and oxygen atoms in total. The van der Waals surface area contributed by atoms with Gasteiger partial charge in [-0.25, -0.2) is 9.97 Å². The fraction of sp³-hybridized carbons (Fsp3) is 0.227. The molecule has 0 unspecified atom stereocenters. The number of hydrogen-bond acceptors (Lipinski definition) is 6. The number of amides is 1. The van der Waals surface area contributed by atoms with Crippen molar-refractivity contribution in [3.05, 3.63) is 77.2 Å². The van der Waals surface area contributed by atoms with Gasteiger partial charge in [0, 0.05) is 24.7 Å². The topological polar surface area (TPSA) is 85.4 Å². The quantitative estimate of drug-likeness (QED) is 0.612. The fourth-order valence-electron chi connectivity index (χ4n) is 2.83. The molecule has 0 aliphatic carbocycles. The van der Waals surface area contributed by atoms with Gasteiger partial charge < -0.3 is 20.1 Å². The normalized spacial score (nSPS) is 10.3. The van der Waals surface area contributed by atoms with E-state index in [0.29, 0.717) is 30.4 Å². The van der Waals surface area contributed by atoms with Gasteiger partial charge in [0.05, 0.1) is 14.2 Å². The molecule has 2 aromatic carbocycles. The van der Waals surface area contributed by atoms with E-state index in [1.165, 1.54) is 0 Å². The van der Waals surface area contributed by atoms with Crippen LogP contribution in [0.2, 0.25) is 0 Å². The minimum Gasteiger partial charge on any atom is -0.497 e. The number of anilines is 1. The van der Waals surface area contributed by atoms with Crippen LogP contribution in [0.5, 0.6) is 11.5 Å². The van der Waals surface area contributed by atoms with Gasteiger partial charge >= 0.3 is 0 Å². The summed E-state index contributed by atoms with van der Waals surface area (Å²) in [6, 6.07) is 17.0. The van der Waals surface area contributed by atoms with Crippen molar-refractivity contribution in [2.45, 2.75) is 20.0 Å². The summed E-state index contributed by atoms with van der Waals surface area (Å²) in [6.07, 6.45) is 0. The van der Waals surface area contributed by atoms with Crippen molar-refractivity contribution in [2.75, 3.05) is 19.5 Å². The lowest BCUT2D eigenvalue weighted by molar-refractivity contribution is 0.0945. The van der Waals surface area contributed by atoms with Crippen LogP contribution in [-0.4, -0.2) is 30.1 Å². The molecule has 0 bridgehead atoms. The summed E-state index contributed by atoms with van der Waals surface area (Å²) in [4.78, 5) is 21.2. The molecular weight excluding hydrogens is 368 g/mol. The predicted molar refractivity (Wildman–Crippen MR) is 111 cm³/mol. The van der Waals surface area contributed by atoms with Gasteiger partial charge in [0.15, 0.2) is 0 Å². The minimum atomic E-state index is -0.270. The maximum Gasteiger partial charge on any atom is 0.270 e. The lowest BCUT2D eigenvalue weighted by atomic mass is 10.2. The highest BCUT2D eigenvalue weighted by molar-refractivity contribution is 5.92. The van der Waals surface area contributed by atoms with Crippen LogP contribution in [-0.2, 0) is 13.1 Å². The average Bonchev–Trinajstić information content (AvgIpc) is 2.76. The van der Waals surface area contributed by atoms with E-state index < -0.39 is 0 Å². The summed E-state index contributed by atoms with van der Waals surface area (Å²) < 4.78 is 10.5. The molecule has 29 heavy (non-hydrogen) atoms. The van der Waals surface area contributed by atoms with Crippen molar-refractivity contribution in [2.24, 2.45) is 0 Å². The van der Waals surface area contributed by atoms with Crippen LogP contribution in [0.3, 0.4) is 0 Å². The minimum absolute atomic E-state index is 0.270. The maximum atomic E-state index is 12.6. The fourth-order valence-corrected chi connectivity index (χ4v) is 2.83. The van der Waals surface area contributed by atoms with Crippen LogP contribution in [0.4, 0.5) is 5.82 Å². The highest BCUT2D eigenvalue weighted by Gasteiger charge is 2.11. The van der Waals surface area contributed by atoms with Gasteiger partial charge in [-0.15, -0.1) is 0 Å². The summed E-state index contributed by atoms with van der Waals surface area (Å²) in [6.45, 7) is 2.68. The first-order valence-corrected chi connectivity index (χ1v) is 9.21. The van der Waals surface area contributed by atoms with Crippen LogP contribution in [0.1, 0.15) is 27.4 Å². The first-order valence-electron chi connectivity index (χ1n) is 9.21. The zero-order valence-electron chi connectivity index (χ0n) is 16.7. The molecule has 0 aliphatic heterocycles. The Hall–Kier alpha value is -3.61. The molecule has 2 N–H and O–H groups in total. The highest BCUT2D eigenvalue weighted by Crippen LogP contribution is 2.17. The number of carbonyl (C=O) groups is 1. The van der Waals surface area contributed by atoms with Gasteiger partial charge in [0.25, 0.3) is 5.91 Å². The summed E-state index contributed by atoms with van der Waals surface area (Å²) in [5, 5.41) is 6.11. The van der Waals surface area contributed by atoms with Gasteiger partial charge in [0.1, 0.15) is 28.8 Å². The number of methoxy groups -OCH3 is 2. The molecule has 150 valence electrons. The van der Waals surface area contributed by atoms with E-state index in [1.807, 2.05) is 48.5 Å². The summed E-state index contributed by atoms with van der Waals surface area (Å²) >= 11 is 0. The SMILES string of the molecule is COc1ccc(CNc2cc(C(=O)NCc3ccccc3OC)nc(C)n2)cc1. The molecule has 0 aliphatic rings. The Morgan fingerprint density at radius 1 is 0.966 bits per heavy atom. The van der Waals surface area contributed by atoms with Crippen molar-refractivity contribution in [3.63, 3.8) is 0 Å². The average molecular weight is 392 g/mol. The molecule has 0 fully saturated rings. The third-order valence-corrected chi connectivity index (χ3v) is 4.34. The largest absolute Gasteiger partial charge is 0.497 e. The molecule has 0 saturated carbocycles. The van der Waals surface area contributed by atoms with Crippen LogP contribution in [0.25, 0.3) is 0 Å². The number of ether oxygens (including phenoxy) is 2. The zero-order valence-corrected chi connectivity index (χ0v) is 16.7. The van der Waals surface area contributed by atoms with E-state index in [9.17, 15) is 4.79 Å². The van der Waals surface area contributed by atoms with E-state index in [0.717, 1.165) is 22.6 Å². The first-order chi connectivity index (χ1) is 14.1. The third kappa shape index (κ3) is 5.44. The molecule has 3 aromatic rings. The standard InChI is InChI=1S/C22H24N4O3/c1-15-25-19(22(27)24-14-17-6-4-5-7-20(17)29-3)12-21(26-15)23-13-16-8-10-18(28-2)11-9-16/h4-12H,13-14H2,1-3H3,(H,24,27)(H,23,25,26). The number of rotatable bonds is 8. The predicted octanol–water partition coefficient (Wildman–Crippen LogP) is 3.34. The zero-order chi connectivity index (χ0) is 20.6. The van der Waals surface area contributed by atoms with Crippen LogP contribution < -0.4 is 20.1 Å². The first kappa shape index (κ1) is 20.1. The maximum absolute atomic E-state index is 12.6. The van der Waals surface area contributed by atoms with Crippen molar-refractivity contribution in [1.29, 1.82) is 0 Å². The highest BCUT2D eigenvalue weighted by atomic mass is 16.5. The summed E-state index contributed by atoms with van der Waals surface area (Å²) in [7, 11) is 3.24. The summed E-state index contributed by atoms with van der Waals surface area (Å²) in [5.41, 5.74) is 2.28. The van der Waals surface area contributed by atoms with E-state index in [-0.39, 0.29) is 5.91 Å². The van der Waals surface area contributed by atoms with Crippen molar-refractivity contribution in [3.8, 4) is 11.5 Å². The van der Waals surface area contributed by atoms with Gasteiger partial charge in [-0.3, -0.25) is 4.79 Å². The van der Waals surface area contributed by atoms with Gasteiger partial charge in [-0.2, -0.15) is 0 Å². The van der Waals surface area contributed by atoms with Crippen molar-refractivity contribution in [1.82, 2.24) is 15.3 Å². The lowest BCUT2D eigenvalue weighted by Crippen LogP contribution is -2.24. The Kier molecular flexibility index (Phi) is 6.63. The Labute approximate surface area is 170 Å². The van der Waals surface area contributed by atoms with Crippen LogP contribution in [0, 0.1) is 6.92 Å². The number of aromatic nitrogens is 2. The number of carbonyl (C=O) groups excluding carboxylic acids is 1. The number of benzene rings is 2. The Balaban J connectivity index is 1.65. The van der Waals surface area contributed by atoms with Crippen molar-refractivity contribution < 1.29 is 14.3 Å². The van der Waals surface area contributed by atoms with Crippen LogP contribution in [0.15, 0.2) is 54.6 Å². The third-order valence-electron chi connectivity index (χ3n) is 4.34. The molecule has 3 rings (SSSR count). The molecule has 0 atom stereocenters. The monoisotopic (exact) mass is 392 g/mol. The molecule has 1 aromatic heterocycles. The van der Waals surface area contributed by atoms with Gasteiger partial charge in [0.2, 0.25) is 0 Å². The Morgan fingerprint density at radius 2 is 1.72 bits per heavy atom. The molecule has 0 saturated heterocycles. The number of nitrogens with one attached hydrogen (secondary N) is 2. The van der Waals surface area contributed by atoms with Crippen molar-refractivity contribution >= 4 is 11.7 Å². The van der Waals surface area contributed by atoms with E-state index in [4.69, 9.17) is 9.47 Å². The Morgan fingerprint density at radius 3 is 2.45 bits per heavy atom. The molecule has 1 amide bonds. The Bertz CT molecular complexity index is 974. The molecule has 0 spiro atoms. The number of nitrogens with zero attached hydrogens (tertiary/aromatic N) is 2. The van der Waals surface area contributed by atoms with Gasteiger partial charge in [-0.1, -0.05) is 30.3 Å². The van der Waals surface area contributed by atoms with Crippen LogP contribution >= 0.6 is 0 Å². The second-order valence-electron chi connectivity index (χ2n) is 6.38. The molecular formula is C22H24N4O3. The molecule has 0 radical (unpaired) electrons. The smallest absolute Gasteiger partial charge is 0.270 e. The molecule has 7 heteroatoms. The second-order valence-corrected chi connectivity index (χ2v) is 6.38. The number of aryl methyl sites for hydroxylation is 1. The van der Waals surface area contributed by atoms with Gasteiger partial charge in [-0.05, 0) is 30.7 Å². The number of para-hydroxylation sites is 1. The molecule has 1 heterocycles. The summed E-state index contributed by atoms with van der Waals surface area (Å²) in [5.74, 6) is 2.38. The van der Waals surface area contributed by atoms with E-state index in [1.54, 1.807) is 27.2 Å². The van der Waals surface area contributed by atoms with E-state index in [2.05, 4.69) is 20.6 Å². The second kappa shape index (κ2) is 9.54.